The van der Waals surface area contributed by atoms with Crippen LogP contribution in [0, 0.1) is 5.41 Å². The first kappa shape index (κ1) is 19.2. The van der Waals surface area contributed by atoms with Crippen LogP contribution in [0.3, 0.4) is 0 Å². The Morgan fingerprint density at radius 2 is 1.63 bits per heavy atom. The predicted molar refractivity (Wildman–Crippen MR) is 118 cm³/mol. The highest BCUT2D eigenvalue weighted by Gasteiger charge is 2.46. The molecule has 4 heteroatoms. The number of aryl methyl sites for hydroxylation is 2. The highest BCUT2D eigenvalue weighted by Crippen LogP contribution is 2.47. The first-order valence-corrected chi connectivity index (χ1v) is 11.6. The largest absolute Gasteiger partial charge is 0.591 e. The molecule has 0 fully saturated rings. The minimum Gasteiger partial charge on any atom is -0.591 e. The fourth-order valence-electron chi connectivity index (χ4n) is 4.35. The fourth-order valence-corrected chi connectivity index (χ4v) is 5.45. The van der Waals surface area contributed by atoms with Gasteiger partial charge in [-0.1, -0.05) is 50.7 Å². The summed E-state index contributed by atoms with van der Waals surface area (Å²) in [6.45, 7) is 6.00. The van der Waals surface area contributed by atoms with Crippen LogP contribution in [0.2, 0.25) is 0 Å². The Bertz CT molecular complexity index is 872. The van der Waals surface area contributed by atoms with Crippen molar-refractivity contribution in [2.24, 2.45) is 9.81 Å². The second-order valence-electron chi connectivity index (χ2n) is 8.83. The molecule has 1 spiro atoms. The number of halogens is 1. The van der Waals surface area contributed by atoms with Crippen LogP contribution >= 0.6 is 15.9 Å². The molecule has 2 aliphatic carbocycles. The summed E-state index contributed by atoms with van der Waals surface area (Å²) in [6.07, 6.45) is 5.26. The number of fused-ring (bicyclic) bond motifs is 2. The Balaban J connectivity index is 1.79. The van der Waals surface area contributed by atoms with E-state index in [9.17, 15) is 4.55 Å². The first-order chi connectivity index (χ1) is 12.8. The van der Waals surface area contributed by atoms with E-state index in [1.54, 1.807) is 0 Å². The summed E-state index contributed by atoms with van der Waals surface area (Å²) in [4.78, 5) is 0. The Morgan fingerprint density at radius 1 is 1.00 bits per heavy atom. The van der Waals surface area contributed by atoms with Gasteiger partial charge in [0.2, 0.25) is 0 Å². The summed E-state index contributed by atoms with van der Waals surface area (Å²) in [5, 5.41) is 0. The highest BCUT2D eigenvalue weighted by atomic mass is 79.9. The van der Waals surface area contributed by atoms with Crippen molar-refractivity contribution in [2.45, 2.75) is 57.6 Å². The molecule has 2 aliphatic rings. The number of nitrogens with zero attached hydrogens (tertiary/aromatic N) is 1. The molecular weight excluding hydrogens is 418 g/mol. The molecule has 2 nitrogen and oxygen atoms in total. The smallest absolute Gasteiger partial charge is 0.144 e. The summed E-state index contributed by atoms with van der Waals surface area (Å²) < 4.78 is 18.5. The van der Waals surface area contributed by atoms with Crippen LogP contribution in [-0.2, 0) is 30.6 Å². The molecule has 0 N–H and O–H groups in total. The van der Waals surface area contributed by atoms with Crippen LogP contribution in [0.1, 0.15) is 55.9 Å². The molecule has 1 unspecified atom stereocenters. The Kier molecular flexibility index (Phi) is 5.02. The molecule has 0 heterocycles. The lowest BCUT2D eigenvalue weighted by Crippen LogP contribution is -2.33. The summed E-state index contributed by atoms with van der Waals surface area (Å²) in [5.74, 6) is 0. The minimum absolute atomic E-state index is 0.0109. The van der Waals surface area contributed by atoms with Crippen molar-refractivity contribution in [1.29, 1.82) is 0 Å². The van der Waals surface area contributed by atoms with Crippen molar-refractivity contribution in [3.8, 4) is 0 Å². The second-order valence-corrected chi connectivity index (χ2v) is 11.7. The van der Waals surface area contributed by atoms with Crippen LogP contribution in [-0.4, -0.2) is 15.0 Å². The van der Waals surface area contributed by atoms with Crippen molar-refractivity contribution in [2.75, 3.05) is 0 Å². The van der Waals surface area contributed by atoms with E-state index in [4.69, 9.17) is 4.40 Å². The van der Waals surface area contributed by atoms with E-state index in [2.05, 4.69) is 58.4 Å². The quantitative estimate of drug-likeness (QED) is 0.511. The van der Waals surface area contributed by atoms with Crippen molar-refractivity contribution < 1.29 is 4.55 Å². The molecule has 0 aliphatic heterocycles. The van der Waals surface area contributed by atoms with E-state index in [0.717, 1.165) is 42.3 Å². The molecule has 27 heavy (non-hydrogen) atoms. The zero-order chi connectivity index (χ0) is 19.2. The van der Waals surface area contributed by atoms with Gasteiger partial charge in [-0.3, -0.25) is 0 Å². The number of hydrogen-bond acceptors (Lipinski definition) is 2. The second kappa shape index (κ2) is 7.06. The molecule has 2 aromatic carbocycles. The molecule has 1 atom stereocenters. The topological polar surface area (TPSA) is 35.4 Å². The van der Waals surface area contributed by atoms with Gasteiger partial charge in [0.05, 0.1) is 0 Å². The van der Waals surface area contributed by atoms with Gasteiger partial charge in [0, 0.05) is 15.5 Å². The van der Waals surface area contributed by atoms with Crippen molar-refractivity contribution in [1.82, 2.24) is 0 Å². The van der Waals surface area contributed by atoms with E-state index in [1.807, 2.05) is 20.8 Å². The predicted octanol–water partition coefficient (Wildman–Crippen LogP) is 5.82. The molecule has 0 saturated heterocycles. The molecule has 4 rings (SSSR count). The summed E-state index contributed by atoms with van der Waals surface area (Å²) in [6, 6.07) is 15.3. The van der Waals surface area contributed by atoms with Crippen LogP contribution < -0.4 is 0 Å². The van der Waals surface area contributed by atoms with Crippen molar-refractivity contribution in [3.05, 3.63) is 69.2 Å². The third kappa shape index (κ3) is 3.64. The average molecular weight is 444 g/mol. The maximum Gasteiger partial charge on any atom is 0.144 e. The lowest BCUT2D eigenvalue weighted by Gasteiger charge is -2.29. The summed E-state index contributed by atoms with van der Waals surface area (Å²) >= 11 is 2.37. The minimum atomic E-state index is -1.25. The van der Waals surface area contributed by atoms with Gasteiger partial charge < -0.3 is 4.55 Å². The molecule has 0 amide bonds. The van der Waals surface area contributed by atoms with E-state index < -0.39 is 11.4 Å². The highest BCUT2D eigenvalue weighted by molar-refractivity contribution is 9.10. The van der Waals surface area contributed by atoms with E-state index in [-0.39, 0.29) is 10.2 Å². The standard InChI is InChI=1S/C23H26BrNOS/c1-22(2,3)27(26)25-21-20-14-19(24)9-8-18(20)15-23(21)12-10-16-6-4-5-7-17(16)11-13-23/h4-9,14H,10-13,15H2,1-3H3/b25-21-. The van der Waals surface area contributed by atoms with Crippen LogP contribution in [0.15, 0.2) is 51.3 Å². The van der Waals surface area contributed by atoms with Gasteiger partial charge >= 0.3 is 0 Å². The van der Waals surface area contributed by atoms with E-state index in [1.165, 1.54) is 22.3 Å². The van der Waals surface area contributed by atoms with Crippen molar-refractivity contribution >= 4 is 33.0 Å². The third-order valence-corrected chi connectivity index (χ3v) is 7.81. The monoisotopic (exact) mass is 443 g/mol. The van der Waals surface area contributed by atoms with Gasteiger partial charge in [0.25, 0.3) is 0 Å². The normalized spacial score (nSPS) is 21.0. The lowest BCUT2D eigenvalue weighted by atomic mass is 9.76. The number of hydrogen-bond donors (Lipinski definition) is 0. The molecule has 0 radical (unpaired) electrons. The third-order valence-electron chi connectivity index (χ3n) is 5.92. The fraction of sp³-hybridized carbons (Fsp3) is 0.435. The number of benzene rings is 2. The SMILES string of the molecule is CC(C)(C)[S+]([O-])/N=C1/c2cc(Br)ccc2CC12CCc1ccccc1CC2. The molecule has 0 saturated carbocycles. The molecule has 142 valence electrons. The average Bonchev–Trinajstić information content (AvgIpc) is 2.78. The molecular formula is C23H26BrNOS. The Hall–Kier alpha value is -1.10. The Labute approximate surface area is 173 Å². The van der Waals surface area contributed by atoms with Crippen LogP contribution in [0.5, 0.6) is 0 Å². The van der Waals surface area contributed by atoms with Gasteiger partial charge in [-0.2, -0.15) is 0 Å². The first-order valence-electron chi connectivity index (χ1n) is 9.65. The zero-order valence-corrected chi connectivity index (χ0v) is 18.6. The molecule has 0 bridgehead atoms. The number of rotatable bonds is 1. The summed E-state index contributed by atoms with van der Waals surface area (Å²) in [5.41, 5.74) is 6.51. The van der Waals surface area contributed by atoms with Gasteiger partial charge in [0.15, 0.2) is 0 Å². The lowest BCUT2D eigenvalue weighted by molar-refractivity contribution is 0.376. The van der Waals surface area contributed by atoms with Gasteiger partial charge in [0.1, 0.15) is 21.8 Å². The van der Waals surface area contributed by atoms with Crippen molar-refractivity contribution in [3.63, 3.8) is 0 Å². The summed E-state index contributed by atoms with van der Waals surface area (Å²) in [7, 11) is 0. The van der Waals surface area contributed by atoms with Gasteiger partial charge in [-0.15, -0.1) is 0 Å². The zero-order valence-electron chi connectivity index (χ0n) is 16.2. The molecule has 2 aromatic rings. The molecule has 0 aromatic heterocycles. The maximum absolute atomic E-state index is 13.0. The van der Waals surface area contributed by atoms with Gasteiger partial charge in [-0.05, 0) is 81.7 Å². The van der Waals surface area contributed by atoms with E-state index in [0.29, 0.717) is 0 Å². The maximum atomic E-state index is 13.0. The van der Waals surface area contributed by atoms with Gasteiger partial charge in [-0.25, -0.2) is 0 Å². The van der Waals surface area contributed by atoms with E-state index >= 15 is 0 Å². The van der Waals surface area contributed by atoms with Crippen LogP contribution in [0.25, 0.3) is 0 Å². The van der Waals surface area contributed by atoms with Crippen LogP contribution in [0.4, 0.5) is 0 Å². The Morgan fingerprint density at radius 3 is 2.22 bits per heavy atom.